The van der Waals surface area contributed by atoms with Gasteiger partial charge in [0, 0.05) is 11.5 Å². The van der Waals surface area contributed by atoms with Gasteiger partial charge >= 0.3 is 5.97 Å². The highest BCUT2D eigenvalue weighted by Gasteiger charge is 2.38. The number of allylic oxidation sites excluding steroid dienone is 2. The first-order valence-corrected chi connectivity index (χ1v) is 8.89. The molecule has 0 spiro atoms. The predicted octanol–water partition coefficient (Wildman–Crippen LogP) is 4.56. The highest BCUT2D eigenvalue weighted by atomic mass is 16.5. The number of rotatable bonds is 6. The van der Waals surface area contributed by atoms with Gasteiger partial charge in [-0.25, -0.2) is 4.79 Å². The van der Waals surface area contributed by atoms with Crippen LogP contribution in [-0.2, 0) is 14.3 Å². The van der Waals surface area contributed by atoms with Gasteiger partial charge in [-0.05, 0) is 30.5 Å². The van der Waals surface area contributed by atoms with E-state index in [1.54, 1.807) is 19.1 Å². The summed E-state index contributed by atoms with van der Waals surface area (Å²) in [5, 5.41) is 0. The molecule has 0 saturated heterocycles. The Morgan fingerprint density at radius 1 is 1.04 bits per heavy atom. The van der Waals surface area contributed by atoms with Gasteiger partial charge in [-0.1, -0.05) is 72.8 Å². The highest BCUT2D eigenvalue weighted by molar-refractivity contribution is 6.05. The molecule has 1 aliphatic rings. The molecule has 0 saturated carbocycles. The molecule has 3 nitrogen and oxygen atoms in total. The Kier molecular flexibility index (Phi) is 5.80. The first kappa shape index (κ1) is 17.9. The van der Waals surface area contributed by atoms with Crippen molar-refractivity contribution in [1.29, 1.82) is 0 Å². The zero-order valence-corrected chi connectivity index (χ0v) is 14.8. The zero-order chi connectivity index (χ0) is 18.4. The van der Waals surface area contributed by atoms with Crippen LogP contribution in [0.5, 0.6) is 0 Å². The fourth-order valence-corrected chi connectivity index (χ4v) is 3.38. The van der Waals surface area contributed by atoms with Gasteiger partial charge in [0.2, 0.25) is 0 Å². The molecule has 0 amide bonds. The summed E-state index contributed by atoms with van der Waals surface area (Å²) in [4.78, 5) is 25.3. The fourth-order valence-electron chi connectivity index (χ4n) is 3.38. The lowest BCUT2D eigenvalue weighted by atomic mass is 9.82. The van der Waals surface area contributed by atoms with Crippen molar-refractivity contribution in [3.05, 3.63) is 89.5 Å². The molecule has 0 N–H and O–H groups in total. The van der Waals surface area contributed by atoms with E-state index in [9.17, 15) is 9.59 Å². The summed E-state index contributed by atoms with van der Waals surface area (Å²) < 4.78 is 5.17. The fraction of sp³-hybridized carbons (Fsp3) is 0.217. The summed E-state index contributed by atoms with van der Waals surface area (Å²) in [7, 11) is 0. The van der Waals surface area contributed by atoms with Crippen molar-refractivity contribution in [3.63, 3.8) is 0 Å². The molecule has 3 rings (SSSR count). The summed E-state index contributed by atoms with van der Waals surface area (Å²) in [5.41, 5.74) is 2.50. The van der Waals surface area contributed by atoms with Crippen LogP contribution in [0.2, 0.25) is 0 Å². The van der Waals surface area contributed by atoms with Crippen molar-refractivity contribution >= 4 is 17.8 Å². The van der Waals surface area contributed by atoms with Gasteiger partial charge in [-0.3, -0.25) is 4.79 Å². The van der Waals surface area contributed by atoms with Crippen LogP contribution < -0.4 is 0 Å². The van der Waals surface area contributed by atoms with Crippen LogP contribution in [0.25, 0.3) is 6.08 Å². The summed E-state index contributed by atoms with van der Waals surface area (Å²) >= 11 is 0. The van der Waals surface area contributed by atoms with E-state index in [2.05, 4.69) is 0 Å². The minimum absolute atomic E-state index is 0.0384. The summed E-state index contributed by atoms with van der Waals surface area (Å²) in [6, 6.07) is 19.5. The van der Waals surface area contributed by atoms with E-state index in [0.29, 0.717) is 18.6 Å². The number of carbonyl (C=O) groups is 2. The molecule has 26 heavy (non-hydrogen) atoms. The molecule has 2 aromatic rings. The van der Waals surface area contributed by atoms with E-state index in [4.69, 9.17) is 4.74 Å². The molecule has 3 heteroatoms. The Morgan fingerprint density at radius 3 is 2.35 bits per heavy atom. The van der Waals surface area contributed by atoms with Gasteiger partial charge in [-0.15, -0.1) is 0 Å². The molecule has 0 aromatic heterocycles. The molecule has 2 atom stereocenters. The van der Waals surface area contributed by atoms with Crippen molar-refractivity contribution in [2.75, 3.05) is 6.61 Å². The molecule has 0 aliphatic heterocycles. The van der Waals surface area contributed by atoms with Gasteiger partial charge in [-0.2, -0.15) is 0 Å². The smallest absolute Gasteiger partial charge is 0.334 e. The summed E-state index contributed by atoms with van der Waals surface area (Å²) in [6.45, 7) is 2.07. The van der Waals surface area contributed by atoms with Crippen LogP contribution >= 0.6 is 0 Å². The van der Waals surface area contributed by atoms with Crippen LogP contribution in [-0.4, -0.2) is 18.4 Å². The third kappa shape index (κ3) is 3.99. The Morgan fingerprint density at radius 2 is 1.69 bits per heavy atom. The zero-order valence-electron chi connectivity index (χ0n) is 14.8. The third-order valence-corrected chi connectivity index (χ3v) is 4.61. The van der Waals surface area contributed by atoms with Gasteiger partial charge in [0.15, 0.2) is 5.78 Å². The van der Waals surface area contributed by atoms with E-state index < -0.39 is 11.9 Å². The van der Waals surface area contributed by atoms with Crippen molar-refractivity contribution in [1.82, 2.24) is 0 Å². The van der Waals surface area contributed by atoms with E-state index >= 15 is 0 Å². The maximum Gasteiger partial charge on any atom is 0.334 e. The van der Waals surface area contributed by atoms with Crippen LogP contribution in [0.4, 0.5) is 0 Å². The van der Waals surface area contributed by atoms with Crippen LogP contribution in [0.15, 0.2) is 78.4 Å². The summed E-state index contributed by atoms with van der Waals surface area (Å²) in [6.07, 6.45) is 5.89. The minimum Gasteiger partial charge on any atom is -0.463 e. The lowest BCUT2D eigenvalue weighted by Crippen LogP contribution is -2.24. The second-order valence-electron chi connectivity index (χ2n) is 6.26. The average Bonchev–Trinajstić information content (AvgIpc) is 3.13. The second-order valence-corrected chi connectivity index (χ2v) is 6.26. The lowest BCUT2D eigenvalue weighted by molar-refractivity contribution is -0.140. The molecule has 132 valence electrons. The number of esters is 1. The average molecular weight is 346 g/mol. The molecular weight excluding hydrogens is 324 g/mol. The lowest BCUT2D eigenvalue weighted by Gasteiger charge is -2.20. The van der Waals surface area contributed by atoms with Crippen LogP contribution in [0.1, 0.15) is 30.4 Å². The Hall–Kier alpha value is -2.94. The third-order valence-electron chi connectivity index (χ3n) is 4.61. The number of hydrogen-bond donors (Lipinski definition) is 0. The van der Waals surface area contributed by atoms with E-state index in [1.165, 1.54) is 0 Å². The Bertz CT molecular complexity index is 819. The first-order chi connectivity index (χ1) is 12.7. The van der Waals surface area contributed by atoms with E-state index in [-0.39, 0.29) is 11.7 Å². The summed E-state index contributed by atoms with van der Waals surface area (Å²) in [5.74, 6) is -1.00. The normalized spacial score (nSPS) is 19.3. The number of hydrogen-bond acceptors (Lipinski definition) is 3. The van der Waals surface area contributed by atoms with Crippen LogP contribution in [0.3, 0.4) is 0 Å². The number of benzene rings is 2. The number of carbonyl (C=O) groups excluding carboxylic acids is 2. The number of ketones is 1. The number of ether oxygens (including phenoxy) is 1. The van der Waals surface area contributed by atoms with Crippen molar-refractivity contribution in [2.45, 2.75) is 19.3 Å². The molecule has 2 aromatic carbocycles. The van der Waals surface area contributed by atoms with Gasteiger partial charge < -0.3 is 4.74 Å². The SMILES string of the molecule is CCOC(=O)C1=CC[C@@H](c2ccccc2)[C@@H]1C(=O)/C=C/c1ccccc1. The molecule has 0 radical (unpaired) electrons. The van der Waals surface area contributed by atoms with Gasteiger partial charge in [0.25, 0.3) is 0 Å². The van der Waals surface area contributed by atoms with Crippen molar-refractivity contribution in [3.8, 4) is 0 Å². The molecule has 0 bridgehead atoms. The minimum atomic E-state index is -0.503. The molecule has 0 unspecified atom stereocenters. The monoisotopic (exact) mass is 346 g/mol. The van der Waals surface area contributed by atoms with E-state index in [1.807, 2.05) is 66.7 Å². The topological polar surface area (TPSA) is 43.4 Å². The maximum atomic E-state index is 13.0. The maximum absolute atomic E-state index is 13.0. The van der Waals surface area contributed by atoms with E-state index in [0.717, 1.165) is 11.1 Å². The largest absolute Gasteiger partial charge is 0.463 e. The Balaban J connectivity index is 1.88. The standard InChI is InChI=1S/C23H22O3/c1-2-26-23(25)20-15-14-19(18-11-7-4-8-12-18)22(20)21(24)16-13-17-9-5-3-6-10-17/h3-13,15-16,19,22H,2,14H2,1H3/b16-13+/t19-,22-/m0/s1. The second kappa shape index (κ2) is 8.43. The Labute approximate surface area is 154 Å². The van der Waals surface area contributed by atoms with Crippen LogP contribution in [0, 0.1) is 5.92 Å². The van der Waals surface area contributed by atoms with Crippen molar-refractivity contribution < 1.29 is 14.3 Å². The van der Waals surface area contributed by atoms with Crippen molar-refractivity contribution in [2.24, 2.45) is 5.92 Å². The van der Waals surface area contributed by atoms with Gasteiger partial charge in [0.1, 0.15) is 0 Å². The first-order valence-electron chi connectivity index (χ1n) is 8.89. The highest BCUT2D eigenvalue weighted by Crippen LogP contribution is 2.41. The molecule has 0 heterocycles. The molecule has 0 fully saturated rings. The molecule has 1 aliphatic carbocycles. The van der Waals surface area contributed by atoms with Gasteiger partial charge in [0.05, 0.1) is 12.5 Å². The predicted molar refractivity (Wildman–Crippen MR) is 102 cm³/mol. The quantitative estimate of drug-likeness (QED) is 0.569. The molecular formula is C23H22O3.